The predicted molar refractivity (Wildman–Crippen MR) is 131 cm³/mol. The Balaban J connectivity index is 1.82. The van der Waals surface area contributed by atoms with Crippen molar-refractivity contribution in [2.75, 3.05) is 11.1 Å². The van der Waals surface area contributed by atoms with Crippen molar-refractivity contribution in [2.45, 2.75) is 64.4 Å². The van der Waals surface area contributed by atoms with E-state index in [2.05, 4.69) is 15.5 Å². The normalized spacial score (nSPS) is 14.2. The Morgan fingerprint density at radius 3 is 2.19 bits per heavy atom. The van der Waals surface area contributed by atoms with Crippen molar-refractivity contribution in [2.24, 2.45) is 12.8 Å². The molecule has 0 spiro atoms. The van der Waals surface area contributed by atoms with E-state index in [1.54, 1.807) is 35.9 Å². The Labute approximate surface area is 207 Å². The molecule has 36 heavy (non-hydrogen) atoms. The maximum absolute atomic E-state index is 13.4. The summed E-state index contributed by atoms with van der Waals surface area (Å²) in [5, 5.41) is 21.2. The summed E-state index contributed by atoms with van der Waals surface area (Å²) in [4.78, 5) is 12.8. The Morgan fingerprint density at radius 1 is 1.11 bits per heavy atom. The minimum Gasteiger partial charge on any atom is -0.384 e. The van der Waals surface area contributed by atoms with Crippen LogP contribution in [0.3, 0.4) is 0 Å². The molecule has 2 heterocycles. The molecule has 12 heteroatoms. The third-order valence-electron chi connectivity index (χ3n) is 6.33. The smallest absolute Gasteiger partial charge is 0.384 e. The second-order valence-corrected chi connectivity index (χ2v) is 9.62. The first kappa shape index (κ1) is 27.2. The fourth-order valence-electron chi connectivity index (χ4n) is 3.93. The lowest BCUT2D eigenvalue weighted by Crippen LogP contribution is -2.38. The van der Waals surface area contributed by atoms with Crippen molar-refractivity contribution in [3.63, 3.8) is 0 Å². The number of aromatic nitrogens is 4. The van der Waals surface area contributed by atoms with Gasteiger partial charge in [-0.2, -0.15) is 23.4 Å². The molecule has 1 aromatic carbocycles. The van der Waals surface area contributed by atoms with E-state index in [0.29, 0.717) is 22.4 Å². The SMILES string of the molecule is CC(C(=O)Nc1cc(C(C)(C)C(F)(F)F)n(C)n1)c1ccc(-c2nn(C(C)C)c(N)c2C(N)O)cc1. The van der Waals surface area contributed by atoms with Gasteiger partial charge in [0.2, 0.25) is 5.91 Å². The third kappa shape index (κ3) is 4.96. The number of alkyl halides is 3. The number of aryl methyl sites for hydroxylation is 1. The van der Waals surface area contributed by atoms with E-state index < -0.39 is 29.6 Å². The van der Waals surface area contributed by atoms with Crippen LogP contribution in [0.1, 0.15) is 69.6 Å². The highest BCUT2D eigenvalue weighted by Crippen LogP contribution is 2.41. The van der Waals surface area contributed by atoms with Gasteiger partial charge in [-0.15, -0.1) is 0 Å². The molecule has 0 radical (unpaired) electrons. The van der Waals surface area contributed by atoms with Crippen LogP contribution in [0.4, 0.5) is 24.8 Å². The molecule has 0 bridgehead atoms. The Hall–Kier alpha value is -3.38. The van der Waals surface area contributed by atoms with Gasteiger partial charge in [0.1, 0.15) is 23.2 Å². The van der Waals surface area contributed by atoms with Crippen LogP contribution < -0.4 is 16.8 Å². The summed E-state index contributed by atoms with van der Waals surface area (Å²) in [5.74, 6) is -0.744. The van der Waals surface area contributed by atoms with E-state index in [1.165, 1.54) is 13.1 Å². The van der Waals surface area contributed by atoms with Crippen molar-refractivity contribution < 1.29 is 23.1 Å². The van der Waals surface area contributed by atoms with Gasteiger partial charge in [-0.05, 0) is 40.2 Å². The van der Waals surface area contributed by atoms with Gasteiger partial charge in [-0.3, -0.25) is 9.48 Å². The summed E-state index contributed by atoms with van der Waals surface area (Å²) in [5.41, 5.74) is 11.7. The summed E-state index contributed by atoms with van der Waals surface area (Å²) in [6, 6.07) is 8.12. The summed E-state index contributed by atoms with van der Waals surface area (Å²) in [6.45, 7) is 7.60. The van der Waals surface area contributed by atoms with Crippen molar-refractivity contribution in [1.82, 2.24) is 19.6 Å². The Kier molecular flexibility index (Phi) is 7.24. The molecule has 0 saturated heterocycles. The lowest BCUT2D eigenvalue weighted by atomic mass is 9.88. The van der Waals surface area contributed by atoms with Crippen LogP contribution in [0.5, 0.6) is 0 Å². The fraction of sp³-hybridized carbons (Fsp3) is 0.458. The van der Waals surface area contributed by atoms with Gasteiger partial charge in [0.25, 0.3) is 0 Å². The Bertz CT molecular complexity index is 1240. The summed E-state index contributed by atoms with van der Waals surface area (Å²) < 4.78 is 43.0. The molecule has 2 aromatic heterocycles. The standard InChI is InChI=1S/C24H32F3N7O2/c1-12(2)34-20(28)18(21(29)35)19(32-34)15-9-7-14(8-10-15)13(3)22(36)30-17-11-16(33(6)31-17)23(4,5)24(25,26)27/h7-13,21,35H,28-29H2,1-6H3,(H,30,31,36). The maximum atomic E-state index is 13.4. The van der Waals surface area contributed by atoms with Crippen molar-refractivity contribution >= 4 is 17.5 Å². The average molecular weight is 508 g/mol. The first-order chi connectivity index (χ1) is 16.6. The minimum absolute atomic E-state index is 0.0366. The average Bonchev–Trinajstić information content (AvgIpc) is 3.32. The molecule has 6 N–H and O–H groups in total. The highest BCUT2D eigenvalue weighted by atomic mass is 19.4. The van der Waals surface area contributed by atoms with Gasteiger partial charge in [-0.25, -0.2) is 4.68 Å². The van der Waals surface area contributed by atoms with Crippen LogP contribution in [-0.2, 0) is 17.3 Å². The van der Waals surface area contributed by atoms with Crippen LogP contribution in [-0.4, -0.2) is 36.8 Å². The molecule has 2 unspecified atom stereocenters. The molecule has 0 aliphatic carbocycles. The number of aliphatic hydroxyl groups is 1. The minimum atomic E-state index is -4.48. The number of rotatable bonds is 7. The quantitative estimate of drug-likeness (QED) is 0.357. The molecular formula is C24H32F3N7O2. The zero-order valence-electron chi connectivity index (χ0n) is 21.1. The highest BCUT2D eigenvalue weighted by Gasteiger charge is 2.50. The van der Waals surface area contributed by atoms with E-state index in [0.717, 1.165) is 18.5 Å². The molecule has 3 rings (SSSR count). The zero-order valence-corrected chi connectivity index (χ0v) is 21.1. The number of aliphatic hydroxyl groups excluding tert-OH is 1. The summed E-state index contributed by atoms with van der Waals surface area (Å²) >= 11 is 0. The van der Waals surface area contributed by atoms with Crippen LogP contribution in [0.15, 0.2) is 30.3 Å². The molecule has 0 aliphatic heterocycles. The van der Waals surface area contributed by atoms with E-state index in [4.69, 9.17) is 11.5 Å². The fourth-order valence-corrected chi connectivity index (χ4v) is 3.93. The number of hydrogen-bond acceptors (Lipinski definition) is 6. The van der Waals surface area contributed by atoms with Gasteiger partial charge in [0, 0.05) is 24.7 Å². The van der Waals surface area contributed by atoms with Crippen molar-refractivity contribution in [1.29, 1.82) is 0 Å². The van der Waals surface area contributed by atoms with Gasteiger partial charge in [0.05, 0.1) is 17.2 Å². The summed E-state index contributed by atoms with van der Waals surface area (Å²) in [6.07, 6.45) is -5.80. The largest absolute Gasteiger partial charge is 0.399 e. The van der Waals surface area contributed by atoms with Crippen molar-refractivity contribution in [3.8, 4) is 11.3 Å². The third-order valence-corrected chi connectivity index (χ3v) is 6.33. The second kappa shape index (κ2) is 9.58. The lowest BCUT2D eigenvalue weighted by Gasteiger charge is -2.27. The number of nitrogens with zero attached hydrogens (tertiary/aromatic N) is 4. The molecule has 3 aromatic rings. The summed E-state index contributed by atoms with van der Waals surface area (Å²) in [7, 11) is 1.40. The number of nitrogen functional groups attached to an aromatic ring is 1. The van der Waals surface area contributed by atoms with E-state index in [-0.39, 0.29) is 23.4 Å². The number of carbonyl (C=O) groups is 1. The number of nitrogens with two attached hydrogens (primary N) is 2. The molecule has 1 amide bonds. The first-order valence-electron chi connectivity index (χ1n) is 11.4. The van der Waals surface area contributed by atoms with Gasteiger partial charge in [-0.1, -0.05) is 24.3 Å². The van der Waals surface area contributed by atoms with Gasteiger partial charge >= 0.3 is 6.18 Å². The van der Waals surface area contributed by atoms with Crippen molar-refractivity contribution in [3.05, 3.63) is 47.2 Å². The number of anilines is 2. The van der Waals surface area contributed by atoms with E-state index in [9.17, 15) is 23.1 Å². The zero-order chi connectivity index (χ0) is 27.2. The van der Waals surface area contributed by atoms with Crippen LogP contribution >= 0.6 is 0 Å². The first-order valence-corrected chi connectivity index (χ1v) is 11.4. The predicted octanol–water partition coefficient (Wildman–Crippen LogP) is 3.98. The number of carbonyl (C=O) groups excluding carboxylic acids is 1. The van der Waals surface area contributed by atoms with Crippen LogP contribution in [0.2, 0.25) is 0 Å². The molecule has 196 valence electrons. The Morgan fingerprint density at radius 2 is 1.69 bits per heavy atom. The molecule has 2 atom stereocenters. The number of amides is 1. The topological polar surface area (TPSA) is 137 Å². The second-order valence-electron chi connectivity index (χ2n) is 9.62. The van der Waals surface area contributed by atoms with Crippen LogP contribution in [0, 0.1) is 0 Å². The number of halogens is 3. The molecule has 0 fully saturated rings. The van der Waals surface area contributed by atoms with Crippen LogP contribution in [0.25, 0.3) is 11.3 Å². The number of benzene rings is 1. The monoisotopic (exact) mass is 507 g/mol. The molecule has 9 nitrogen and oxygen atoms in total. The van der Waals surface area contributed by atoms with Gasteiger partial charge < -0.3 is 21.9 Å². The van der Waals surface area contributed by atoms with Gasteiger partial charge in [0.15, 0.2) is 5.82 Å². The number of hydrogen-bond donors (Lipinski definition) is 4. The lowest BCUT2D eigenvalue weighted by molar-refractivity contribution is -0.182. The molecular weight excluding hydrogens is 475 g/mol. The number of nitrogens with one attached hydrogen (secondary N) is 1. The van der Waals surface area contributed by atoms with E-state index >= 15 is 0 Å². The van der Waals surface area contributed by atoms with E-state index in [1.807, 2.05) is 13.8 Å². The molecule has 0 saturated carbocycles. The maximum Gasteiger partial charge on any atom is 0.399 e. The molecule has 0 aliphatic rings. The highest BCUT2D eigenvalue weighted by molar-refractivity contribution is 5.95.